The number of carbonyl (C=O) groups is 2. The highest BCUT2D eigenvalue weighted by Gasteiger charge is 2.34. The number of nitrogens with zero attached hydrogens (tertiary/aromatic N) is 2. The second-order valence-corrected chi connectivity index (χ2v) is 13.0. The first-order valence-electron chi connectivity index (χ1n) is 15.9. The maximum absolute atomic E-state index is 14.6. The van der Waals surface area contributed by atoms with Crippen LogP contribution >= 0.6 is 0 Å². The molecular formula is C37H42FN3O6S. The Bertz CT molecular complexity index is 1740. The zero-order valence-corrected chi connectivity index (χ0v) is 28.3. The van der Waals surface area contributed by atoms with Crippen LogP contribution in [0.15, 0.2) is 108 Å². The SMILES string of the molecule is CCCCNC(=O)[C@@H](Cc1ccccc1)N(Cc1cccc(OC)c1)C(=O)CN(c1ccc(F)cc1)S(=O)(=O)c1ccc(OCC)cc1. The van der Waals surface area contributed by atoms with Crippen molar-refractivity contribution < 1.29 is 31.9 Å². The van der Waals surface area contributed by atoms with Crippen molar-refractivity contribution in [3.63, 3.8) is 0 Å². The van der Waals surface area contributed by atoms with Gasteiger partial charge in [0.05, 0.1) is 24.3 Å². The number of unbranched alkanes of at least 4 members (excludes halogenated alkanes) is 1. The van der Waals surface area contributed by atoms with Crippen LogP contribution in [-0.2, 0) is 32.6 Å². The number of nitrogens with one attached hydrogen (secondary N) is 1. The van der Waals surface area contributed by atoms with Gasteiger partial charge in [0.1, 0.15) is 29.9 Å². The molecule has 0 aliphatic carbocycles. The normalized spacial score (nSPS) is 11.8. The zero-order valence-electron chi connectivity index (χ0n) is 27.5. The van der Waals surface area contributed by atoms with Crippen LogP contribution in [0.3, 0.4) is 0 Å². The van der Waals surface area contributed by atoms with Crippen LogP contribution in [-0.4, -0.2) is 58.0 Å². The van der Waals surface area contributed by atoms with Gasteiger partial charge in [-0.15, -0.1) is 0 Å². The molecule has 48 heavy (non-hydrogen) atoms. The molecule has 0 saturated heterocycles. The van der Waals surface area contributed by atoms with Gasteiger partial charge in [0.25, 0.3) is 10.0 Å². The van der Waals surface area contributed by atoms with Crippen LogP contribution in [0, 0.1) is 5.82 Å². The molecule has 0 radical (unpaired) electrons. The first-order chi connectivity index (χ1) is 23.2. The molecule has 0 unspecified atom stereocenters. The number of sulfonamides is 1. The number of benzene rings is 4. The van der Waals surface area contributed by atoms with Crippen LogP contribution < -0.4 is 19.1 Å². The van der Waals surface area contributed by atoms with Gasteiger partial charge in [0.2, 0.25) is 11.8 Å². The highest BCUT2D eigenvalue weighted by Crippen LogP contribution is 2.27. The number of ether oxygens (including phenoxy) is 2. The number of anilines is 1. The van der Waals surface area contributed by atoms with Crippen molar-refractivity contribution >= 4 is 27.5 Å². The number of halogens is 1. The van der Waals surface area contributed by atoms with Crippen molar-refractivity contribution in [2.75, 3.05) is 31.1 Å². The Morgan fingerprint density at radius 3 is 2.19 bits per heavy atom. The number of hydrogen-bond donors (Lipinski definition) is 1. The molecule has 0 aliphatic heterocycles. The number of hydrogen-bond acceptors (Lipinski definition) is 6. The average Bonchev–Trinajstić information content (AvgIpc) is 3.10. The molecule has 0 aromatic heterocycles. The summed E-state index contributed by atoms with van der Waals surface area (Å²) in [6.45, 7) is 4.00. The Morgan fingerprint density at radius 2 is 1.54 bits per heavy atom. The van der Waals surface area contributed by atoms with Crippen LogP contribution in [0.1, 0.15) is 37.8 Å². The Balaban J connectivity index is 1.79. The van der Waals surface area contributed by atoms with Crippen LogP contribution in [0.4, 0.5) is 10.1 Å². The van der Waals surface area contributed by atoms with E-state index >= 15 is 0 Å². The van der Waals surface area contributed by atoms with Gasteiger partial charge in [0.15, 0.2) is 0 Å². The fraction of sp³-hybridized carbons (Fsp3) is 0.297. The van der Waals surface area contributed by atoms with Crippen molar-refractivity contribution in [3.8, 4) is 11.5 Å². The summed E-state index contributed by atoms with van der Waals surface area (Å²) in [5, 5.41) is 2.97. The van der Waals surface area contributed by atoms with Gasteiger partial charge < -0.3 is 19.7 Å². The zero-order chi connectivity index (χ0) is 34.5. The fourth-order valence-electron chi connectivity index (χ4n) is 5.17. The lowest BCUT2D eigenvalue weighted by atomic mass is 10.0. The molecule has 0 fully saturated rings. The summed E-state index contributed by atoms with van der Waals surface area (Å²) in [6.07, 6.45) is 1.81. The third kappa shape index (κ3) is 9.57. The van der Waals surface area contributed by atoms with E-state index in [2.05, 4.69) is 5.32 Å². The monoisotopic (exact) mass is 675 g/mol. The van der Waals surface area contributed by atoms with Crippen molar-refractivity contribution in [2.45, 2.75) is 50.6 Å². The van der Waals surface area contributed by atoms with E-state index in [1.54, 1.807) is 18.2 Å². The summed E-state index contributed by atoms with van der Waals surface area (Å²) in [6, 6.07) is 26.2. The fourth-order valence-corrected chi connectivity index (χ4v) is 6.58. The van der Waals surface area contributed by atoms with E-state index in [0.29, 0.717) is 30.2 Å². The van der Waals surface area contributed by atoms with Crippen molar-refractivity contribution in [2.24, 2.45) is 0 Å². The lowest BCUT2D eigenvalue weighted by molar-refractivity contribution is -0.140. The second kappa shape index (κ2) is 17.3. The van der Waals surface area contributed by atoms with Crippen molar-refractivity contribution in [1.29, 1.82) is 0 Å². The standard InChI is InChI=1S/C37H42FN3O6S/c1-4-6-23-39-37(43)35(25-28-11-8-7-9-12-28)40(26-29-13-10-14-33(24-29)46-3)36(42)27-41(31-17-15-30(38)16-18-31)48(44,45)34-21-19-32(20-22-34)47-5-2/h7-22,24,35H,4-6,23,25-27H2,1-3H3,(H,39,43)/t35-/m1/s1. The third-order valence-corrected chi connectivity index (χ3v) is 9.49. The lowest BCUT2D eigenvalue weighted by Gasteiger charge is -2.34. The van der Waals surface area contributed by atoms with E-state index in [4.69, 9.17) is 9.47 Å². The topological polar surface area (TPSA) is 105 Å². The van der Waals surface area contributed by atoms with Gasteiger partial charge in [0, 0.05) is 19.5 Å². The third-order valence-electron chi connectivity index (χ3n) is 7.70. The maximum atomic E-state index is 14.6. The van der Waals surface area contributed by atoms with Crippen LogP contribution in [0.5, 0.6) is 11.5 Å². The molecule has 0 bridgehead atoms. The Kier molecular flexibility index (Phi) is 13.0. The lowest BCUT2D eigenvalue weighted by Crippen LogP contribution is -2.53. The van der Waals surface area contributed by atoms with Gasteiger partial charge in [-0.3, -0.25) is 13.9 Å². The van der Waals surface area contributed by atoms with Gasteiger partial charge in [-0.2, -0.15) is 0 Å². The number of carbonyl (C=O) groups excluding carboxylic acids is 2. The quantitative estimate of drug-likeness (QED) is 0.138. The Labute approximate surface area is 282 Å². The largest absolute Gasteiger partial charge is 0.497 e. The average molecular weight is 676 g/mol. The van der Waals surface area contributed by atoms with E-state index in [0.717, 1.165) is 34.8 Å². The molecule has 4 rings (SSSR count). The van der Waals surface area contributed by atoms with Crippen LogP contribution in [0.25, 0.3) is 0 Å². The first-order valence-corrected chi connectivity index (χ1v) is 17.4. The molecule has 4 aromatic carbocycles. The predicted molar refractivity (Wildman–Crippen MR) is 184 cm³/mol. The minimum Gasteiger partial charge on any atom is -0.497 e. The number of rotatable bonds is 17. The Hall–Kier alpha value is -4.90. The molecule has 0 saturated carbocycles. The molecule has 11 heteroatoms. The highest BCUT2D eigenvalue weighted by molar-refractivity contribution is 7.92. The molecule has 4 aromatic rings. The minimum atomic E-state index is -4.35. The summed E-state index contributed by atoms with van der Waals surface area (Å²) in [5.74, 6) is -0.481. The van der Waals surface area contributed by atoms with Gasteiger partial charge >= 0.3 is 0 Å². The van der Waals surface area contributed by atoms with Crippen molar-refractivity contribution in [1.82, 2.24) is 10.2 Å². The van der Waals surface area contributed by atoms with E-state index in [-0.39, 0.29) is 29.5 Å². The summed E-state index contributed by atoms with van der Waals surface area (Å²) in [4.78, 5) is 29.7. The number of methoxy groups -OCH3 is 1. The number of amides is 2. The molecule has 9 nitrogen and oxygen atoms in total. The summed E-state index contributed by atoms with van der Waals surface area (Å²) < 4.78 is 54.2. The minimum absolute atomic E-state index is 0.00487. The van der Waals surface area contributed by atoms with Gasteiger partial charge in [-0.25, -0.2) is 12.8 Å². The first kappa shape index (κ1) is 35.9. The van der Waals surface area contributed by atoms with E-state index in [9.17, 15) is 22.4 Å². The molecular weight excluding hydrogens is 633 g/mol. The Morgan fingerprint density at radius 1 is 0.854 bits per heavy atom. The molecule has 1 N–H and O–H groups in total. The van der Waals surface area contributed by atoms with Gasteiger partial charge in [-0.1, -0.05) is 55.8 Å². The highest BCUT2D eigenvalue weighted by atomic mass is 32.2. The van der Waals surface area contributed by atoms with E-state index in [1.165, 1.54) is 48.4 Å². The molecule has 1 atom stereocenters. The van der Waals surface area contributed by atoms with E-state index < -0.39 is 34.3 Å². The summed E-state index contributed by atoms with van der Waals surface area (Å²) in [5.41, 5.74) is 1.60. The summed E-state index contributed by atoms with van der Waals surface area (Å²) >= 11 is 0. The second-order valence-electron chi connectivity index (χ2n) is 11.1. The van der Waals surface area contributed by atoms with Crippen molar-refractivity contribution in [3.05, 3.63) is 120 Å². The molecule has 0 aliphatic rings. The summed E-state index contributed by atoms with van der Waals surface area (Å²) in [7, 11) is -2.81. The maximum Gasteiger partial charge on any atom is 0.264 e. The molecule has 0 spiro atoms. The molecule has 254 valence electrons. The smallest absolute Gasteiger partial charge is 0.264 e. The molecule has 0 heterocycles. The van der Waals surface area contributed by atoms with Gasteiger partial charge in [-0.05, 0) is 85.1 Å². The molecule has 2 amide bonds. The van der Waals surface area contributed by atoms with Crippen LogP contribution in [0.2, 0.25) is 0 Å². The van der Waals surface area contributed by atoms with E-state index in [1.807, 2.05) is 50.2 Å². The predicted octanol–water partition coefficient (Wildman–Crippen LogP) is 5.98.